The Morgan fingerprint density at radius 2 is 2.26 bits per heavy atom. The van der Waals surface area contributed by atoms with Gasteiger partial charge in [0.1, 0.15) is 0 Å². The second kappa shape index (κ2) is 7.23. The molecule has 0 spiro atoms. The minimum absolute atomic E-state index is 0.0651. The molecule has 0 aliphatic carbocycles. The third-order valence-corrected chi connectivity index (χ3v) is 5.30. The first-order chi connectivity index (χ1) is 11.2. The van der Waals surface area contributed by atoms with Crippen LogP contribution in [0.25, 0.3) is 0 Å². The van der Waals surface area contributed by atoms with Crippen LogP contribution in [-0.2, 0) is 25.9 Å². The van der Waals surface area contributed by atoms with Crippen molar-refractivity contribution in [2.24, 2.45) is 0 Å². The molecule has 3 heterocycles. The summed E-state index contributed by atoms with van der Waals surface area (Å²) in [6.45, 7) is 7.54. The Labute approximate surface area is 141 Å². The molecule has 0 unspecified atom stereocenters. The van der Waals surface area contributed by atoms with Crippen LogP contribution in [0.2, 0.25) is 0 Å². The van der Waals surface area contributed by atoms with Gasteiger partial charge in [-0.3, -0.25) is 14.7 Å². The van der Waals surface area contributed by atoms with Crippen LogP contribution in [-0.4, -0.2) is 28.9 Å². The highest BCUT2D eigenvalue weighted by Gasteiger charge is 2.23. The smallest absolute Gasteiger partial charge is 0.252 e. The third-order valence-electron chi connectivity index (χ3n) is 4.29. The van der Waals surface area contributed by atoms with Crippen molar-refractivity contribution < 1.29 is 4.79 Å². The average molecular weight is 329 g/mol. The SMILES string of the molecule is CCNC(=O)c1csc2c1CCN(Cc1ccc(CC)cn1)C2. The molecule has 0 bridgehead atoms. The van der Waals surface area contributed by atoms with E-state index in [1.807, 2.05) is 18.5 Å². The van der Waals surface area contributed by atoms with Gasteiger partial charge in [0.05, 0.1) is 11.3 Å². The van der Waals surface area contributed by atoms with Gasteiger partial charge in [-0.15, -0.1) is 11.3 Å². The lowest BCUT2D eigenvalue weighted by molar-refractivity contribution is 0.0954. The largest absolute Gasteiger partial charge is 0.352 e. The normalized spacial score (nSPS) is 14.5. The number of carbonyl (C=O) groups is 1. The molecule has 1 aliphatic rings. The number of aryl methyl sites for hydroxylation is 1. The molecule has 0 atom stereocenters. The Morgan fingerprint density at radius 1 is 1.39 bits per heavy atom. The molecular formula is C18H23N3OS. The van der Waals surface area contributed by atoms with E-state index in [1.54, 1.807) is 11.3 Å². The lowest BCUT2D eigenvalue weighted by Gasteiger charge is -2.26. The number of amides is 1. The van der Waals surface area contributed by atoms with E-state index in [2.05, 4.69) is 34.3 Å². The molecule has 2 aromatic rings. The second-order valence-electron chi connectivity index (χ2n) is 5.88. The fraction of sp³-hybridized carbons (Fsp3) is 0.444. The van der Waals surface area contributed by atoms with E-state index in [0.717, 1.165) is 43.7 Å². The van der Waals surface area contributed by atoms with Crippen molar-refractivity contribution in [2.45, 2.75) is 39.8 Å². The number of rotatable bonds is 5. The molecule has 5 heteroatoms. The van der Waals surface area contributed by atoms with E-state index in [0.29, 0.717) is 6.54 Å². The summed E-state index contributed by atoms with van der Waals surface area (Å²) in [6.07, 6.45) is 3.94. The molecule has 0 saturated carbocycles. The molecule has 3 rings (SSSR count). The first-order valence-electron chi connectivity index (χ1n) is 8.24. The second-order valence-corrected chi connectivity index (χ2v) is 6.85. The third kappa shape index (κ3) is 3.62. The number of hydrogen-bond donors (Lipinski definition) is 1. The maximum atomic E-state index is 12.1. The highest BCUT2D eigenvalue weighted by atomic mass is 32.1. The Bertz CT molecular complexity index is 678. The van der Waals surface area contributed by atoms with Crippen molar-refractivity contribution in [3.63, 3.8) is 0 Å². The van der Waals surface area contributed by atoms with Gasteiger partial charge in [0.25, 0.3) is 5.91 Å². The molecule has 23 heavy (non-hydrogen) atoms. The summed E-state index contributed by atoms with van der Waals surface area (Å²) in [7, 11) is 0. The number of thiophene rings is 1. The van der Waals surface area contributed by atoms with Gasteiger partial charge in [0.2, 0.25) is 0 Å². The molecule has 2 aromatic heterocycles. The number of aromatic nitrogens is 1. The summed E-state index contributed by atoms with van der Waals surface area (Å²) in [6, 6.07) is 4.29. The summed E-state index contributed by atoms with van der Waals surface area (Å²) in [5, 5.41) is 4.91. The molecule has 4 nitrogen and oxygen atoms in total. The number of pyridine rings is 1. The molecule has 0 radical (unpaired) electrons. The Morgan fingerprint density at radius 3 is 2.96 bits per heavy atom. The molecule has 0 fully saturated rings. The highest BCUT2D eigenvalue weighted by Crippen LogP contribution is 2.29. The van der Waals surface area contributed by atoms with Crippen molar-refractivity contribution in [1.29, 1.82) is 0 Å². The Hall–Kier alpha value is -1.72. The van der Waals surface area contributed by atoms with Gasteiger partial charge in [-0.2, -0.15) is 0 Å². The van der Waals surface area contributed by atoms with Crippen molar-refractivity contribution >= 4 is 17.2 Å². The first-order valence-corrected chi connectivity index (χ1v) is 9.12. The maximum Gasteiger partial charge on any atom is 0.252 e. The van der Waals surface area contributed by atoms with Gasteiger partial charge in [0.15, 0.2) is 0 Å². The zero-order valence-corrected chi connectivity index (χ0v) is 14.6. The predicted molar refractivity (Wildman–Crippen MR) is 93.8 cm³/mol. The van der Waals surface area contributed by atoms with E-state index >= 15 is 0 Å². The van der Waals surface area contributed by atoms with E-state index in [9.17, 15) is 4.79 Å². The number of fused-ring (bicyclic) bond motifs is 1. The monoisotopic (exact) mass is 329 g/mol. The van der Waals surface area contributed by atoms with Gasteiger partial charge in [-0.05, 0) is 37.0 Å². The standard InChI is InChI=1S/C18H23N3OS/c1-3-13-5-6-14(20-9-13)10-21-8-7-15-16(18(22)19-4-2)12-23-17(15)11-21/h5-6,9,12H,3-4,7-8,10-11H2,1-2H3,(H,19,22). The van der Waals surface area contributed by atoms with Crippen LogP contribution in [0.15, 0.2) is 23.7 Å². The van der Waals surface area contributed by atoms with Gasteiger partial charge >= 0.3 is 0 Å². The molecule has 1 amide bonds. The minimum atomic E-state index is 0.0651. The molecule has 1 aliphatic heterocycles. The number of hydrogen-bond acceptors (Lipinski definition) is 4. The van der Waals surface area contributed by atoms with Gasteiger partial charge in [0, 0.05) is 42.6 Å². The average Bonchev–Trinajstić information content (AvgIpc) is 2.99. The van der Waals surface area contributed by atoms with Gasteiger partial charge < -0.3 is 5.32 Å². The highest BCUT2D eigenvalue weighted by molar-refractivity contribution is 7.10. The summed E-state index contributed by atoms with van der Waals surface area (Å²) < 4.78 is 0. The van der Waals surface area contributed by atoms with Crippen LogP contribution in [0.3, 0.4) is 0 Å². The van der Waals surface area contributed by atoms with Crippen LogP contribution < -0.4 is 5.32 Å². The van der Waals surface area contributed by atoms with Crippen LogP contribution in [0.5, 0.6) is 0 Å². The van der Waals surface area contributed by atoms with Crippen LogP contribution in [0.1, 0.15) is 45.9 Å². The zero-order chi connectivity index (χ0) is 16.2. The molecule has 122 valence electrons. The van der Waals surface area contributed by atoms with E-state index in [4.69, 9.17) is 0 Å². The summed E-state index contributed by atoms with van der Waals surface area (Å²) in [5.74, 6) is 0.0651. The van der Waals surface area contributed by atoms with Crippen LogP contribution >= 0.6 is 11.3 Å². The Kier molecular flexibility index (Phi) is 5.08. The first kappa shape index (κ1) is 16.1. The Balaban J connectivity index is 1.67. The fourth-order valence-corrected chi connectivity index (χ4v) is 4.07. The maximum absolute atomic E-state index is 12.1. The molecular weight excluding hydrogens is 306 g/mol. The van der Waals surface area contributed by atoms with Crippen LogP contribution in [0, 0.1) is 0 Å². The minimum Gasteiger partial charge on any atom is -0.352 e. The quantitative estimate of drug-likeness (QED) is 0.917. The molecule has 1 N–H and O–H groups in total. The summed E-state index contributed by atoms with van der Waals surface area (Å²) >= 11 is 1.70. The zero-order valence-electron chi connectivity index (χ0n) is 13.8. The summed E-state index contributed by atoms with van der Waals surface area (Å²) in [5.41, 5.74) is 4.51. The lowest BCUT2D eigenvalue weighted by Crippen LogP contribution is -2.31. The van der Waals surface area contributed by atoms with Crippen molar-refractivity contribution in [3.05, 3.63) is 51.0 Å². The van der Waals surface area contributed by atoms with Crippen LogP contribution in [0.4, 0.5) is 0 Å². The van der Waals surface area contributed by atoms with Crippen molar-refractivity contribution in [3.8, 4) is 0 Å². The number of nitrogens with one attached hydrogen (secondary N) is 1. The van der Waals surface area contributed by atoms with Gasteiger partial charge in [-0.1, -0.05) is 13.0 Å². The number of nitrogens with zero attached hydrogens (tertiary/aromatic N) is 2. The topological polar surface area (TPSA) is 45.2 Å². The number of carbonyl (C=O) groups excluding carboxylic acids is 1. The van der Waals surface area contributed by atoms with E-state index < -0.39 is 0 Å². The molecule has 0 aromatic carbocycles. The summed E-state index contributed by atoms with van der Waals surface area (Å²) in [4.78, 5) is 20.4. The van der Waals surface area contributed by atoms with Crippen molar-refractivity contribution in [1.82, 2.24) is 15.2 Å². The fourth-order valence-electron chi connectivity index (χ4n) is 2.95. The lowest BCUT2D eigenvalue weighted by atomic mass is 10.0. The van der Waals surface area contributed by atoms with Crippen molar-refractivity contribution in [2.75, 3.05) is 13.1 Å². The van der Waals surface area contributed by atoms with E-state index in [-0.39, 0.29) is 5.91 Å². The predicted octanol–water partition coefficient (Wildman–Crippen LogP) is 3.01. The van der Waals surface area contributed by atoms with Gasteiger partial charge in [-0.25, -0.2) is 0 Å². The van der Waals surface area contributed by atoms with E-state index in [1.165, 1.54) is 16.0 Å². The molecule has 0 saturated heterocycles.